The molecule has 1 atom stereocenters. The van der Waals surface area contributed by atoms with E-state index >= 15 is 0 Å². The summed E-state index contributed by atoms with van der Waals surface area (Å²) in [5.41, 5.74) is 4.48. The smallest absolute Gasteiger partial charge is 0.241 e. The summed E-state index contributed by atoms with van der Waals surface area (Å²) in [7, 11) is 0. The van der Waals surface area contributed by atoms with Crippen LogP contribution in [-0.4, -0.2) is 25.8 Å². The molecule has 0 saturated carbocycles. The van der Waals surface area contributed by atoms with Crippen molar-refractivity contribution in [1.82, 2.24) is 0 Å². The highest BCUT2D eigenvalue weighted by Crippen LogP contribution is 2.22. The lowest BCUT2D eigenvalue weighted by atomic mass is 9.97. The molecule has 4 aromatic rings. The van der Waals surface area contributed by atoms with Crippen molar-refractivity contribution in [3.63, 3.8) is 0 Å². The summed E-state index contributed by atoms with van der Waals surface area (Å²) in [6.45, 7) is 11.7. The van der Waals surface area contributed by atoms with Crippen LogP contribution in [-0.2, 0) is 16.1 Å². The quantitative estimate of drug-likeness (QED) is 0.0498. The molecule has 0 fully saturated rings. The standard InChI is InChI=1S/C39H42N2O2/c1-5-15-32(16-11-12-27-42-29-35-21-13-19-33-17-7-9-22-36(33)35)30(3)25-26-31(6-2)28-43-39(41-40-4)38-24-14-20-34-18-8-10-23-37(34)38/h6-11,13-26,30H,4-5,12,27-29H2,1-3H3/b16-11-,26-25-,31-6+,32-15+,41-39-. The molecule has 0 spiro atoms. The van der Waals surface area contributed by atoms with Gasteiger partial charge in [0.05, 0.1) is 13.2 Å². The van der Waals surface area contributed by atoms with Gasteiger partial charge < -0.3 is 9.47 Å². The van der Waals surface area contributed by atoms with Gasteiger partial charge in [0.15, 0.2) is 0 Å². The fourth-order valence-electron chi connectivity index (χ4n) is 5.01. The van der Waals surface area contributed by atoms with Crippen molar-refractivity contribution in [3.8, 4) is 0 Å². The van der Waals surface area contributed by atoms with Crippen LogP contribution in [0.5, 0.6) is 0 Å². The SMILES string of the molecule is C=N/N=C(\OCC(/C=C\C(C)C(/C=C\CCOCc1cccc2ccccc12)=C/CC)=C/C)c1cccc2ccccc12. The molecule has 0 aromatic heterocycles. The minimum absolute atomic E-state index is 0.254. The highest BCUT2D eigenvalue weighted by molar-refractivity contribution is 6.07. The van der Waals surface area contributed by atoms with Crippen molar-refractivity contribution < 1.29 is 9.47 Å². The Balaban J connectivity index is 1.31. The van der Waals surface area contributed by atoms with E-state index in [4.69, 9.17) is 9.47 Å². The maximum absolute atomic E-state index is 6.18. The Morgan fingerprint density at radius 2 is 1.58 bits per heavy atom. The number of fused-ring (bicyclic) bond motifs is 2. The van der Waals surface area contributed by atoms with E-state index in [1.165, 1.54) is 21.9 Å². The van der Waals surface area contributed by atoms with Gasteiger partial charge in [0.1, 0.15) is 6.61 Å². The van der Waals surface area contributed by atoms with E-state index in [9.17, 15) is 0 Å². The number of benzene rings is 4. The van der Waals surface area contributed by atoms with Crippen molar-refractivity contribution in [2.45, 2.75) is 40.2 Å². The molecule has 0 bridgehead atoms. The number of nitrogens with zero attached hydrogens (tertiary/aromatic N) is 2. The predicted octanol–water partition coefficient (Wildman–Crippen LogP) is 10.0. The number of ether oxygens (including phenoxy) is 2. The molecule has 0 N–H and O–H groups in total. The van der Waals surface area contributed by atoms with Gasteiger partial charge in [-0.15, -0.1) is 5.10 Å². The van der Waals surface area contributed by atoms with Gasteiger partial charge in [-0.2, -0.15) is 5.10 Å². The first kappa shape index (κ1) is 31.4. The highest BCUT2D eigenvalue weighted by atomic mass is 16.5. The molecule has 0 aliphatic rings. The zero-order chi connectivity index (χ0) is 30.3. The Morgan fingerprint density at radius 1 is 0.884 bits per heavy atom. The molecule has 43 heavy (non-hydrogen) atoms. The lowest BCUT2D eigenvalue weighted by Crippen LogP contribution is -2.09. The topological polar surface area (TPSA) is 43.2 Å². The monoisotopic (exact) mass is 570 g/mol. The zero-order valence-corrected chi connectivity index (χ0v) is 25.6. The van der Waals surface area contributed by atoms with Crippen LogP contribution in [0.3, 0.4) is 0 Å². The summed E-state index contributed by atoms with van der Waals surface area (Å²) in [6.07, 6.45) is 15.0. The van der Waals surface area contributed by atoms with Crippen LogP contribution in [0.15, 0.2) is 143 Å². The lowest BCUT2D eigenvalue weighted by Gasteiger charge is -2.12. The second-order valence-corrected chi connectivity index (χ2v) is 10.4. The van der Waals surface area contributed by atoms with Crippen molar-refractivity contribution >= 4 is 34.2 Å². The zero-order valence-electron chi connectivity index (χ0n) is 25.6. The molecule has 1 unspecified atom stereocenters. The van der Waals surface area contributed by atoms with Crippen molar-refractivity contribution in [3.05, 3.63) is 144 Å². The fourth-order valence-corrected chi connectivity index (χ4v) is 5.01. The van der Waals surface area contributed by atoms with Crippen LogP contribution in [0.2, 0.25) is 0 Å². The third kappa shape index (κ3) is 8.97. The first-order valence-corrected chi connectivity index (χ1v) is 15.0. The maximum atomic E-state index is 6.18. The second kappa shape index (κ2) is 16.8. The van der Waals surface area contributed by atoms with Gasteiger partial charge >= 0.3 is 0 Å². The van der Waals surface area contributed by atoms with Gasteiger partial charge in [-0.25, -0.2) is 0 Å². The van der Waals surface area contributed by atoms with E-state index in [0.717, 1.165) is 34.8 Å². The van der Waals surface area contributed by atoms with Gasteiger partial charge in [0.25, 0.3) is 0 Å². The molecule has 0 saturated heterocycles. The molecule has 220 valence electrons. The molecule has 0 heterocycles. The highest BCUT2D eigenvalue weighted by Gasteiger charge is 2.11. The van der Waals surface area contributed by atoms with Crippen molar-refractivity contribution in [2.24, 2.45) is 16.1 Å². The van der Waals surface area contributed by atoms with Crippen LogP contribution in [0.1, 0.15) is 44.7 Å². The first-order valence-electron chi connectivity index (χ1n) is 15.0. The third-order valence-electron chi connectivity index (χ3n) is 7.37. The fraction of sp³-hybridized carbons (Fsp3) is 0.231. The molecule has 4 heteroatoms. The molecule has 4 nitrogen and oxygen atoms in total. The largest absolute Gasteiger partial charge is 0.471 e. The average molecular weight is 571 g/mol. The van der Waals surface area contributed by atoms with Crippen molar-refractivity contribution in [1.29, 1.82) is 0 Å². The molecule has 0 amide bonds. The summed E-state index contributed by atoms with van der Waals surface area (Å²) >= 11 is 0. The summed E-state index contributed by atoms with van der Waals surface area (Å²) in [4.78, 5) is 0. The number of allylic oxidation sites excluding steroid dienone is 5. The molecular weight excluding hydrogens is 528 g/mol. The summed E-state index contributed by atoms with van der Waals surface area (Å²) in [6, 6.07) is 29.1. The maximum Gasteiger partial charge on any atom is 0.241 e. The first-order chi connectivity index (χ1) is 21.1. The molecule has 4 rings (SSSR count). The van der Waals surface area contributed by atoms with Gasteiger partial charge in [0.2, 0.25) is 5.90 Å². The van der Waals surface area contributed by atoms with Crippen LogP contribution in [0.25, 0.3) is 21.5 Å². The van der Waals surface area contributed by atoms with E-state index < -0.39 is 0 Å². The predicted molar refractivity (Wildman–Crippen MR) is 184 cm³/mol. The minimum atomic E-state index is 0.254. The molecule has 0 radical (unpaired) electrons. The summed E-state index contributed by atoms with van der Waals surface area (Å²) in [5, 5.41) is 12.7. The van der Waals surface area contributed by atoms with Gasteiger partial charge in [0, 0.05) is 12.3 Å². The van der Waals surface area contributed by atoms with Gasteiger partial charge in [-0.05, 0) is 70.0 Å². The van der Waals surface area contributed by atoms with Crippen LogP contribution >= 0.6 is 0 Å². The summed E-state index contributed by atoms with van der Waals surface area (Å²) < 4.78 is 12.2. The normalized spacial score (nSPS) is 13.8. The Bertz CT molecular complexity index is 1650. The number of hydrogen-bond donors (Lipinski definition) is 0. The Hall–Kier alpha value is -4.54. The Labute approximate surface area is 256 Å². The van der Waals surface area contributed by atoms with E-state index in [-0.39, 0.29) is 5.92 Å². The van der Waals surface area contributed by atoms with Gasteiger partial charge in [-0.1, -0.05) is 129 Å². The van der Waals surface area contributed by atoms with Crippen LogP contribution in [0.4, 0.5) is 0 Å². The lowest BCUT2D eigenvalue weighted by molar-refractivity contribution is 0.126. The van der Waals surface area contributed by atoms with Crippen molar-refractivity contribution in [2.75, 3.05) is 13.2 Å². The van der Waals surface area contributed by atoms with E-state index in [1.807, 2.05) is 31.2 Å². The average Bonchev–Trinajstić information content (AvgIpc) is 3.05. The molecular formula is C39H42N2O2. The van der Waals surface area contributed by atoms with Crippen LogP contribution < -0.4 is 0 Å². The van der Waals surface area contributed by atoms with E-state index in [0.29, 0.717) is 25.7 Å². The van der Waals surface area contributed by atoms with Crippen LogP contribution in [0, 0.1) is 5.92 Å². The third-order valence-corrected chi connectivity index (χ3v) is 7.37. The minimum Gasteiger partial charge on any atom is -0.471 e. The summed E-state index contributed by atoms with van der Waals surface area (Å²) in [5.74, 6) is 0.716. The van der Waals surface area contributed by atoms with E-state index in [2.05, 4.69) is 128 Å². The van der Waals surface area contributed by atoms with E-state index in [1.54, 1.807) is 0 Å². The van der Waals surface area contributed by atoms with Gasteiger partial charge in [-0.3, -0.25) is 0 Å². The second-order valence-electron chi connectivity index (χ2n) is 10.4. The molecule has 0 aliphatic heterocycles. The Kier molecular flexibility index (Phi) is 12.3. The Morgan fingerprint density at radius 3 is 2.33 bits per heavy atom. The molecule has 0 aliphatic carbocycles. The molecule has 4 aromatic carbocycles. The number of rotatable bonds is 14. The number of hydrogen-bond acceptors (Lipinski definition) is 4.